The summed E-state index contributed by atoms with van der Waals surface area (Å²) >= 11 is 0. The SMILES string of the molecule is O=CCOCCOCCOCCOCCNC(=O)O. The lowest BCUT2D eigenvalue weighted by atomic mass is 10.6. The summed E-state index contributed by atoms with van der Waals surface area (Å²) in [6.45, 7) is 3.22. The summed E-state index contributed by atoms with van der Waals surface area (Å²) < 4.78 is 20.4. The van der Waals surface area contributed by atoms with Gasteiger partial charge in [-0.1, -0.05) is 0 Å². The topological polar surface area (TPSA) is 103 Å². The third-order valence-corrected chi connectivity index (χ3v) is 1.82. The summed E-state index contributed by atoms with van der Waals surface area (Å²) in [5.41, 5.74) is 0. The van der Waals surface area contributed by atoms with Crippen LogP contribution in [0.4, 0.5) is 4.79 Å². The fourth-order valence-corrected chi connectivity index (χ4v) is 1.02. The van der Waals surface area contributed by atoms with Gasteiger partial charge < -0.3 is 34.2 Å². The van der Waals surface area contributed by atoms with Crippen molar-refractivity contribution < 1.29 is 33.6 Å². The Kier molecular flexibility index (Phi) is 13.9. The smallest absolute Gasteiger partial charge is 0.404 e. The van der Waals surface area contributed by atoms with Crippen molar-refractivity contribution >= 4 is 12.4 Å². The molecule has 0 aromatic rings. The molecule has 19 heavy (non-hydrogen) atoms. The molecule has 0 saturated carbocycles. The first-order valence-electron chi connectivity index (χ1n) is 5.98. The van der Waals surface area contributed by atoms with E-state index in [1.54, 1.807) is 0 Å². The van der Waals surface area contributed by atoms with Crippen LogP contribution < -0.4 is 5.32 Å². The van der Waals surface area contributed by atoms with Gasteiger partial charge in [-0.25, -0.2) is 4.79 Å². The summed E-state index contributed by atoms with van der Waals surface area (Å²) in [5, 5.41) is 10.5. The van der Waals surface area contributed by atoms with E-state index in [0.717, 1.165) is 0 Å². The molecule has 0 unspecified atom stereocenters. The largest absolute Gasteiger partial charge is 0.465 e. The second kappa shape index (κ2) is 14.8. The zero-order valence-corrected chi connectivity index (χ0v) is 10.8. The first kappa shape index (κ1) is 17.8. The van der Waals surface area contributed by atoms with Gasteiger partial charge in [-0.15, -0.1) is 0 Å². The minimum atomic E-state index is -1.06. The average Bonchev–Trinajstić information content (AvgIpc) is 2.39. The summed E-state index contributed by atoms with van der Waals surface area (Å²) in [7, 11) is 0. The number of aldehydes is 1. The van der Waals surface area contributed by atoms with Crippen molar-refractivity contribution in [2.45, 2.75) is 0 Å². The van der Waals surface area contributed by atoms with E-state index >= 15 is 0 Å². The Labute approximate surface area is 112 Å². The Morgan fingerprint density at radius 1 is 0.895 bits per heavy atom. The molecule has 0 heterocycles. The Bertz CT molecular complexity index is 225. The summed E-state index contributed by atoms with van der Waals surface area (Å²) in [6, 6.07) is 0. The van der Waals surface area contributed by atoms with Gasteiger partial charge in [-0.2, -0.15) is 0 Å². The van der Waals surface area contributed by atoms with Crippen LogP contribution >= 0.6 is 0 Å². The maximum atomic E-state index is 10.1. The molecule has 0 radical (unpaired) electrons. The van der Waals surface area contributed by atoms with E-state index in [2.05, 4.69) is 5.32 Å². The van der Waals surface area contributed by atoms with Gasteiger partial charge in [0.25, 0.3) is 0 Å². The molecular formula is C11H21NO7. The van der Waals surface area contributed by atoms with Gasteiger partial charge in [-0.05, 0) is 0 Å². The highest BCUT2D eigenvalue weighted by molar-refractivity contribution is 5.64. The molecule has 2 N–H and O–H groups in total. The molecule has 0 spiro atoms. The highest BCUT2D eigenvalue weighted by atomic mass is 16.6. The van der Waals surface area contributed by atoms with E-state index < -0.39 is 6.09 Å². The monoisotopic (exact) mass is 279 g/mol. The number of rotatable bonds is 14. The molecular weight excluding hydrogens is 258 g/mol. The van der Waals surface area contributed by atoms with Gasteiger partial charge in [0, 0.05) is 6.54 Å². The quantitative estimate of drug-likeness (QED) is 0.327. The molecule has 0 aliphatic carbocycles. The zero-order valence-electron chi connectivity index (χ0n) is 10.8. The number of carbonyl (C=O) groups excluding carboxylic acids is 1. The number of nitrogens with one attached hydrogen (secondary N) is 1. The second-order valence-electron chi connectivity index (χ2n) is 3.31. The zero-order chi connectivity index (χ0) is 14.2. The molecule has 0 bridgehead atoms. The lowest BCUT2D eigenvalue weighted by Gasteiger charge is -2.06. The van der Waals surface area contributed by atoms with E-state index in [1.165, 1.54) is 0 Å². The molecule has 0 rings (SSSR count). The molecule has 0 aliphatic rings. The molecule has 0 aliphatic heterocycles. The number of carboxylic acid groups (broad SMARTS) is 1. The third-order valence-electron chi connectivity index (χ3n) is 1.82. The van der Waals surface area contributed by atoms with Gasteiger partial charge in [0.05, 0.1) is 46.2 Å². The van der Waals surface area contributed by atoms with Crippen molar-refractivity contribution in [1.29, 1.82) is 0 Å². The second-order valence-corrected chi connectivity index (χ2v) is 3.31. The van der Waals surface area contributed by atoms with Crippen LogP contribution in [0, 0.1) is 0 Å². The molecule has 112 valence electrons. The predicted molar refractivity (Wildman–Crippen MR) is 65.4 cm³/mol. The minimum absolute atomic E-state index is 0.0912. The number of hydrogen-bond donors (Lipinski definition) is 2. The molecule has 0 atom stereocenters. The highest BCUT2D eigenvalue weighted by Crippen LogP contribution is 1.82. The van der Waals surface area contributed by atoms with Crippen LogP contribution in [0.5, 0.6) is 0 Å². The standard InChI is InChI=1S/C11H21NO7/c13-2-4-17-6-8-19-10-9-18-7-5-16-3-1-12-11(14)15/h2,12H,1,3-10H2,(H,14,15). The fraction of sp³-hybridized carbons (Fsp3) is 0.818. The maximum Gasteiger partial charge on any atom is 0.404 e. The Hall–Kier alpha value is -1.22. The molecule has 8 nitrogen and oxygen atoms in total. The minimum Gasteiger partial charge on any atom is -0.465 e. The number of carbonyl (C=O) groups is 2. The highest BCUT2D eigenvalue weighted by Gasteiger charge is 1.94. The van der Waals surface area contributed by atoms with Gasteiger partial charge >= 0.3 is 6.09 Å². The Morgan fingerprint density at radius 3 is 1.84 bits per heavy atom. The van der Waals surface area contributed by atoms with E-state index in [9.17, 15) is 9.59 Å². The molecule has 8 heteroatoms. The van der Waals surface area contributed by atoms with Crippen molar-refractivity contribution in [1.82, 2.24) is 5.32 Å². The third kappa shape index (κ3) is 16.8. The van der Waals surface area contributed by atoms with Crippen molar-refractivity contribution in [3.05, 3.63) is 0 Å². The Morgan fingerprint density at radius 2 is 1.37 bits per heavy atom. The van der Waals surface area contributed by atoms with Crippen LogP contribution in [0.2, 0.25) is 0 Å². The average molecular weight is 279 g/mol. The van der Waals surface area contributed by atoms with Gasteiger partial charge in [-0.3, -0.25) is 0 Å². The molecule has 0 aromatic heterocycles. The fourth-order valence-electron chi connectivity index (χ4n) is 1.02. The van der Waals surface area contributed by atoms with Crippen LogP contribution in [0.3, 0.4) is 0 Å². The van der Waals surface area contributed by atoms with Crippen molar-refractivity contribution in [3.8, 4) is 0 Å². The molecule has 1 amide bonds. The summed E-state index contributed by atoms with van der Waals surface area (Å²) in [4.78, 5) is 20.0. The lowest BCUT2D eigenvalue weighted by molar-refractivity contribution is -0.112. The molecule has 0 aromatic carbocycles. The van der Waals surface area contributed by atoms with Crippen molar-refractivity contribution in [2.75, 3.05) is 59.4 Å². The van der Waals surface area contributed by atoms with Crippen LogP contribution in [0.15, 0.2) is 0 Å². The maximum absolute atomic E-state index is 10.1. The Balaban J connectivity index is 2.95. The van der Waals surface area contributed by atoms with Gasteiger partial charge in [0.2, 0.25) is 0 Å². The molecule has 0 fully saturated rings. The number of hydrogen-bond acceptors (Lipinski definition) is 6. The summed E-state index contributed by atoms with van der Waals surface area (Å²) in [6.07, 6.45) is -0.371. The summed E-state index contributed by atoms with van der Waals surface area (Å²) in [5.74, 6) is 0. The first-order chi connectivity index (χ1) is 9.27. The van der Waals surface area contributed by atoms with Gasteiger partial charge in [0.1, 0.15) is 12.9 Å². The molecule has 0 saturated heterocycles. The van der Waals surface area contributed by atoms with Gasteiger partial charge in [0.15, 0.2) is 0 Å². The predicted octanol–water partition coefficient (Wildman–Crippen LogP) is -0.481. The first-order valence-corrected chi connectivity index (χ1v) is 5.98. The van der Waals surface area contributed by atoms with Crippen LogP contribution in [0.1, 0.15) is 0 Å². The van der Waals surface area contributed by atoms with Crippen LogP contribution in [-0.2, 0) is 23.7 Å². The van der Waals surface area contributed by atoms with E-state index in [1.807, 2.05) is 0 Å². The van der Waals surface area contributed by atoms with E-state index in [0.29, 0.717) is 52.5 Å². The van der Waals surface area contributed by atoms with Crippen LogP contribution in [-0.4, -0.2) is 76.9 Å². The van der Waals surface area contributed by atoms with Crippen LogP contribution in [0.25, 0.3) is 0 Å². The normalized spacial score (nSPS) is 10.3. The number of amides is 1. The number of ether oxygens (including phenoxy) is 4. The van der Waals surface area contributed by atoms with E-state index in [-0.39, 0.29) is 13.2 Å². The van der Waals surface area contributed by atoms with Crippen molar-refractivity contribution in [2.24, 2.45) is 0 Å². The lowest BCUT2D eigenvalue weighted by Crippen LogP contribution is -2.25. The van der Waals surface area contributed by atoms with E-state index in [4.69, 9.17) is 24.1 Å². The van der Waals surface area contributed by atoms with Crippen molar-refractivity contribution in [3.63, 3.8) is 0 Å².